The predicted molar refractivity (Wildman–Crippen MR) is 66.4 cm³/mol. The van der Waals surface area contributed by atoms with Gasteiger partial charge >= 0.3 is 0 Å². The van der Waals surface area contributed by atoms with Crippen LogP contribution >= 0.6 is 11.6 Å². The lowest BCUT2D eigenvalue weighted by atomic mass is 9.87. The van der Waals surface area contributed by atoms with E-state index in [0.29, 0.717) is 5.92 Å². The molecule has 1 aliphatic carbocycles. The molecular weight excluding hydrogens is 244 g/mol. The van der Waals surface area contributed by atoms with E-state index in [1.165, 1.54) is 6.42 Å². The van der Waals surface area contributed by atoms with Crippen molar-refractivity contribution < 1.29 is 8.78 Å². The summed E-state index contributed by atoms with van der Waals surface area (Å²) in [6.45, 7) is 2.19. The van der Waals surface area contributed by atoms with Crippen LogP contribution in [0.1, 0.15) is 32.6 Å². The van der Waals surface area contributed by atoms with Gasteiger partial charge in [-0.15, -0.1) is 0 Å². The molecule has 1 aromatic carbocycles. The number of benzene rings is 1. The summed E-state index contributed by atoms with van der Waals surface area (Å²) < 4.78 is 26.5. The number of hydrogen-bond acceptors (Lipinski definition) is 1. The van der Waals surface area contributed by atoms with Crippen LogP contribution in [0.4, 0.5) is 14.5 Å². The van der Waals surface area contributed by atoms with Gasteiger partial charge in [0.1, 0.15) is 5.82 Å². The summed E-state index contributed by atoms with van der Waals surface area (Å²) in [5.74, 6) is -0.619. The molecule has 17 heavy (non-hydrogen) atoms. The molecule has 0 saturated heterocycles. The largest absolute Gasteiger partial charge is 0.379 e. The Morgan fingerprint density at radius 1 is 1.29 bits per heavy atom. The molecule has 4 heteroatoms. The van der Waals surface area contributed by atoms with E-state index in [1.54, 1.807) is 0 Å². The van der Waals surface area contributed by atoms with Gasteiger partial charge in [0, 0.05) is 12.1 Å². The van der Waals surface area contributed by atoms with E-state index in [4.69, 9.17) is 11.6 Å². The lowest BCUT2D eigenvalue weighted by Gasteiger charge is -2.28. The first-order valence-corrected chi connectivity index (χ1v) is 6.35. The highest BCUT2D eigenvalue weighted by molar-refractivity contribution is 6.33. The first-order valence-electron chi connectivity index (χ1n) is 5.97. The summed E-state index contributed by atoms with van der Waals surface area (Å²) in [7, 11) is 0. The van der Waals surface area contributed by atoms with Gasteiger partial charge in [-0.1, -0.05) is 31.4 Å². The minimum atomic E-state index is -0.643. The van der Waals surface area contributed by atoms with Crippen LogP contribution in [-0.2, 0) is 0 Å². The molecule has 1 saturated carbocycles. The van der Waals surface area contributed by atoms with Crippen molar-refractivity contribution in [2.45, 2.75) is 38.6 Å². The van der Waals surface area contributed by atoms with E-state index in [9.17, 15) is 8.78 Å². The summed E-state index contributed by atoms with van der Waals surface area (Å²) in [5, 5.41) is 3.21. The molecular formula is C13H16ClF2N. The van der Waals surface area contributed by atoms with E-state index in [1.807, 2.05) is 0 Å². The van der Waals surface area contributed by atoms with Gasteiger partial charge in [0.25, 0.3) is 0 Å². The molecule has 0 aromatic heterocycles. The van der Waals surface area contributed by atoms with Crippen LogP contribution in [0.25, 0.3) is 0 Å². The number of nitrogens with one attached hydrogen (secondary N) is 1. The van der Waals surface area contributed by atoms with Crippen LogP contribution in [0.15, 0.2) is 12.1 Å². The summed E-state index contributed by atoms with van der Waals surface area (Å²) in [6, 6.07) is 2.23. The maximum absolute atomic E-state index is 13.6. The van der Waals surface area contributed by atoms with E-state index < -0.39 is 11.6 Å². The minimum absolute atomic E-state index is 0.112. The summed E-state index contributed by atoms with van der Waals surface area (Å²) >= 11 is 5.85. The molecule has 1 N–H and O–H groups in total. The second-order valence-electron chi connectivity index (χ2n) is 4.86. The summed E-state index contributed by atoms with van der Waals surface area (Å²) in [6.07, 6.45) is 4.38. The highest BCUT2D eigenvalue weighted by Gasteiger charge is 2.21. The molecule has 1 nitrogen and oxygen atoms in total. The number of anilines is 1. The highest BCUT2D eigenvalue weighted by atomic mass is 35.5. The van der Waals surface area contributed by atoms with Crippen LogP contribution in [0.5, 0.6) is 0 Å². The van der Waals surface area contributed by atoms with Crippen LogP contribution in [-0.4, -0.2) is 6.04 Å². The Morgan fingerprint density at radius 3 is 2.71 bits per heavy atom. The third-order valence-corrected chi connectivity index (χ3v) is 3.59. The fourth-order valence-corrected chi connectivity index (χ4v) is 2.70. The van der Waals surface area contributed by atoms with Crippen LogP contribution in [0, 0.1) is 17.6 Å². The molecule has 2 unspecified atom stereocenters. The predicted octanol–water partition coefficient (Wildman–Crippen LogP) is 4.61. The monoisotopic (exact) mass is 259 g/mol. The molecule has 0 spiro atoms. The zero-order valence-corrected chi connectivity index (χ0v) is 10.5. The Kier molecular flexibility index (Phi) is 3.87. The topological polar surface area (TPSA) is 12.0 Å². The maximum Gasteiger partial charge on any atom is 0.150 e. The smallest absolute Gasteiger partial charge is 0.150 e. The quantitative estimate of drug-likeness (QED) is 0.818. The van der Waals surface area contributed by atoms with Crippen LogP contribution in [0.2, 0.25) is 5.02 Å². The third-order valence-electron chi connectivity index (χ3n) is 3.29. The molecule has 0 aliphatic heterocycles. The Hall–Kier alpha value is -0.830. The molecule has 1 aromatic rings. The normalized spacial score (nSPS) is 24.7. The average Bonchev–Trinajstić information content (AvgIpc) is 2.23. The summed E-state index contributed by atoms with van der Waals surface area (Å²) in [4.78, 5) is 0. The van der Waals surface area contributed by atoms with Crippen molar-refractivity contribution in [2.24, 2.45) is 5.92 Å². The van der Waals surface area contributed by atoms with Crippen molar-refractivity contribution in [1.29, 1.82) is 0 Å². The van der Waals surface area contributed by atoms with E-state index in [-0.39, 0.29) is 16.8 Å². The molecule has 0 bridgehead atoms. The lowest BCUT2D eigenvalue weighted by Crippen LogP contribution is -2.26. The maximum atomic E-state index is 13.6. The number of rotatable bonds is 2. The van der Waals surface area contributed by atoms with Crippen LogP contribution < -0.4 is 5.32 Å². The van der Waals surface area contributed by atoms with Crippen molar-refractivity contribution in [1.82, 2.24) is 0 Å². The SMILES string of the molecule is CC1CCCC(Nc2c(F)cc(F)cc2Cl)C1. The molecule has 1 aliphatic rings. The van der Waals surface area contributed by atoms with Crippen LogP contribution in [0.3, 0.4) is 0 Å². The first-order chi connectivity index (χ1) is 8.06. The van der Waals surface area contributed by atoms with Crippen molar-refractivity contribution in [3.05, 3.63) is 28.8 Å². The average molecular weight is 260 g/mol. The number of halogens is 3. The third kappa shape index (κ3) is 3.09. The fraction of sp³-hybridized carbons (Fsp3) is 0.538. The van der Waals surface area contributed by atoms with Gasteiger partial charge in [-0.05, 0) is 24.8 Å². The van der Waals surface area contributed by atoms with Gasteiger partial charge in [0.2, 0.25) is 0 Å². The van der Waals surface area contributed by atoms with Gasteiger partial charge in [-0.25, -0.2) is 8.78 Å². The van der Waals surface area contributed by atoms with Crippen molar-refractivity contribution >= 4 is 17.3 Å². The molecule has 0 amide bonds. The highest BCUT2D eigenvalue weighted by Crippen LogP contribution is 2.31. The second kappa shape index (κ2) is 5.21. The van der Waals surface area contributed by atoms with Gasteiger partial charge in [0.05, 0.1) is 10.7 Å². The van der Waals surface area contributed by atoms with Crippen molar-refractivity contribution in [2.75, 3.05) is 5.32 Å². The molecule has 94 valence electrons. The zero-order chi connectivity index (χ0) is 12.4. The minimum Gasteiger partial charge on any atom is -0.379 e. The fourth-order valence-electron chi connectivity index (χ4n) is 2.45. The Morgan fingerprint density at radius 2 is 2.06 bits per heavy atom. The Balaban J connectivity index is 2.12. The summed E-state index contributed by atoms with van der Waals surface area (Å²) in [5.41, 5.74) is 0.229. The standard InChI is InChI=1S/C13H16ClF2N/c1-8-3-2-4-10(5-8)17-13-11(14)6-9(15)7-12(13)16/h6-8,10,17H,2-5H2,1H3. The van der Waals surface area contributed by atoms with Gasteiger partial charge in [-0.3, -0.25) is 0 Å². The van der Waals surface area contributed by atoms with Gasteiger partial charge in [-0.2, -0.15) is 0 Å². The Bertz CT molecular complexity index is 385. The van der Waals surface area contributed by atoms with Gasteiger partial charge < -0.3 is 5.32 Å². The molecule has 0 heterocycles. The van der Waals surface area contributed by atoms with E-state index >= 15 is 0 Å². The van der Waals surface area contributed by atoms with E-state index in [2.05, 4.69) is 12.2 Å². The number of hydrogen-bond donors (Lipinski definition) is 1. The first kappa shape index (κ1) is 12.6. The van der Waals surface area contributed by atoms with Crippen molar-refractivity contribution in [3.63, 3.8) is 0 Å². The molecule has 1 fully saturated rings. The molecule has 2 rings (SSSR count). The lowest BCUT2D eigenvalue weighted by molar-refractivity contribution is 0.358. The van der Waals surface area contributed by atoms with Gasteiger partial charge in [0.15, 0.2) is 5.82 Å². The zero-order valence-electron chi connectivity index (χ0n) is 9.77. The van der Waals surface area contributed by atoms with E-state index in [0.717, 1.165) is 31.4 Å². The van der Waals surface area contributed by atoms with Crippen molar-refractivity contribution in [3.8, 4) is 0 Å². The Labute approximate surface area is 105 Å². The molecule has 2 atom stereocenters. The second-order valence-corrected chi connectivity index (χ2v) is 5.26. The molecule has 0 radical (unpaired) electrons.